The Labute approximate surface area is 175 Å². The van der Waals surface area contributed by atoms with Crippen molar-refractivity contribution < 1.29 is 23.7 Å². The minimum Gasteiger partial charge on any atom is -0.497 e. The predicted octanol–water partition coefficient (Wildman–Crippen LogP) is 4.51. The zero-order chi connectivity index (χ0) is 20.2. The molecule has 0 saturated carbocycles. The van der Waals surface area contributed by atoms with Crippen LogP contribution in [0.1, 0.15) is 24.5 Å². The molecule has 2 atom stereocenters. The molecule has 0 fully saturated rings. The largest absolute Gasteiger partial charge is 0.497 e. The number of carbonyl (C=O) groups excluding carboxylic acids is 1. The third-order valence-electron chi connectivity index (χ3n) is 4.08. The first-order valence-corrected chi connectivity index (χ1v) is 10.1. The summed E-state index contributed by atoms with van der Waals surface area (Å²) < 4.78 is 22.0. The molecule has 0 spiro atoms. The summed E-state index contributed by atoms with van der Waals surface area (Å²) in [6, 6.07) is 17.7. The molecule has 0 radical (unpaired) electrons. The summed E-state index contributed by atoms with van der Waals surface area (Å²) in [5, 5.41) is 0. The zero-order valence-electron chi connectivity index (χ0n) is 16.3. The van der Waals surface area contributed by atoms with Crippen molar-refractivity contribution in [1.82, 2.24) is 0 Å². The highest BCUT2D eigenvalue weighted by atomic mass is 79.9. The molecule has 6 heteroatoms. The van der Waals surface area contributed by atoms with E-state index in [1.807, 2.05) is 54.6 Å². The predicted molar refractivity (Wildman–Crippen MR) is 112 cm³/mol. The normalized spacial score (nSPS) is 13.0. The highest BCUT2D eigenvalue weighted by molar-refractivity contribution is 9.09. The monoisotopic (exact) mass is 450 g/mol. The summed E-state index contributed by atoms with van der Waals surface area (Å²) in [6.07, 6.45) is 0.326. The number of alkyl halides is 1. The maximum atomic E-state index is 11.4. The van der Waals surface area contributed by atoms with Crippen LogP contribution in [0.2, 0.25) is 0 Å². The molecule has 0 aliphatic heterocycles. The van der Waals surface area contributed by atoms with E-state index in [1.54, 1.807) is 7.11 Å². The van der Waals surface area contributed by atoms with Crippen LogP contribution in [0.4, 0.5) is 0 Å². The van der Waals surface area contributed by atoms with Gasteiger partial charge < -0.3 is 18.9 Å². The lowest BCUT2D eigenvalue weighted by atomic mass is 10.2. The van der Waals surface area contributed by atoms with Crippen LogP contribution in [0.5, 0.6) is 5.75 Å². The van der Waals surface area contributed by atoms with Gasteiger partial charge in [0.25, 0.3) is 0 Å². The van der Waals surface area contributed by atoms with Gasteiger partial charge >= 0.3 is 5.97 Å². The Morgan fingerprint density at radius 3 is 2.25 bits per heavy atom. The minimum absolute atomic E-state index is 0.0527. The molecule has 0 aliphatic rings. The van der Waals surface area contributed by atoms with E-state index in [-0.39, 0.29) is 16.9 Å². The number of esters is 1. The molecule has 0 amide bonds. The van der Waals surface area contributed by atoms with E-state index < -0.39 is 0 Å². The van der Waals surface area contributed by atoms with Crippen LogP contribution < -0.4 is 4.74 Å². The van der Waals surface area contributed by atoms with Crippen LogP contribution in [0, 0.1) is 0 Å². The van der Waals surface area contributed by atoms with Crippen molar-refractivity contribution in [2.24, 2.45) is 0 Å². The molecule has 2 rings (SSSR count). The molecular formula is C22H27BrO5. The Bertz CT molecular complexity index is 690. The van der Waals surface area contributed by atoms with Crippen LogP contribution >= 0.6 is 15.9 Å². The third-order valence-corrected chi connectivity index (χ3v) is 5.13. The number of hydrogen-bond acceptors (Lipinski definition) is 5. The fraction of sp³-hybridized carbons (Fsp3) is 0.409. The lowest BCUT2D eigenvalue weighted by Gasteiger charge is -2.22. The minimum atomic E-state index is -0.379. The van der Waals surface area contributed by atoms with Gasteiger partial charge in [0.1, 0.15) is 11.9 Å². The first kappa shape index (κ1) is 22.4. The molecule has 28 heavy (non-hydrogen) atoms. The van der Waals surface area contributed by atoms with Crippen molar-refractivity contribution >= 4 is 21.9 Å². The fourth-order valence-electron chi connectivity index (χ4n) is 2.59. The Morgan fingerprint density at radius 2 is 1.61 bits per heavy atom. The Balaban J connectivity index is 1.74. The Hall–Kier alpha value is -1.89. The third kappa shape index (κ3) is 8.42. The van der Waals surface area contributed by atoms with Gasteiger partial charge in [-0.2, -0.15) is 0 Å². The van der Waals surface area contributed by atoms with E-state index in [1.165, 1.54) is 6.92 Å². The first-order valence-electron chi connectivity index (χ1n) is 9.22. The molecule has 0 aromatic heterocycles. The number of ether oxygens (including phenoxy) is 4. The lowest BCUT2D eigenvalue weighted by molar-refractivity contribution is -0.149. The summed E-state index contributed by atoms with van der Waals surface area (Å²) in [6.45, 7) is 3.27. The molecule has 152 valence electrons. The van der Waals surface area contributed by atoms with E-state index >= 15 is 0 Å². The molecule has 0 N–H and O–H groups in total. The second kappa shape index (κ2) is 12.5. The van der Waals surface area contributed by atoms with Gasteiger partial charge in [-0.3, -0.25) is 4.79 Å². The molecule has 2 aromatic carbocycles. The lowest BCUT2D eigenvalue weighted by Crippen LogP contribution is -2.32. The van der Waals surface area contributed by atoms with Gasteiger partial charge in [0, 0.05) is 13.5 Å². The summed E-state index contributed by atoms with van der Waals surface area (Å²) in [7, 11) is 1.63. The van der Waals surface area contributed by atoms with Crippen molar-refractivity contribution in [2.75, 3.05) is 20.3 Å². The molecular weight excluding hydrogens is 424 g/mol. The SMILES string of the molecule is COc1ccc(COC[C@@H](OC(C)=O)[C@H](Br)CCOCc2ccccc2)cc1. The van der Waals surface area contributed by atoms with Gasteiger partial charge in [0.2, 0.25) is 0 Å². The molecule has 0 aliphatic carbocycles. The summed E-state index contributed by atoms with van der Waals surface area (Å²) >= 11 is 3.61. The topological polar surface area (TPSA) is 54.0 Å². The first-order chi connectivity index (χ1) is 13.6. The van der Waals surface area contributed by atoms with E-state index in [9.17, 15) is 4.79 Å². The highest BCUT2D eigenvalue weighted by Gasteiger charge is 2.22. The van der Waals surface area contributed by atoms with Gasteiger partial charge in [0.15, 0.2) is 0 Å². The van der Waals surface area contributed by atoms with Gasteiger partial charge in [-0.15, -0.1) is 0 Å². The van der Waals surface area contributed by atoms with Gasteiger partial charge in [-0.05, 0) is 29.7 Å². The van der Waals surface area contributed by atoms with Crippen molar-refractivity contribution in [3.05, 3.63) is 65.7 Å². The number of carbonyl (C=O) groups is 1. The number of methoxy groups -OCH3 is 1. The molecule has 5 nitrogen and oxygen atoms in total. The number of benzene rings is 2. The summed E-state index contributed by atoms with van der Waals surface area (Å²) in [5.74, 6) is 0.477. The van der Waals surface area contributed by atoms with E-state index in [0.29, 0.717) is 32.8 Å². The molecule has 0 heterocycles. The van der Waals surface area contributed by atoms with Gasteiger partial charge in [0.05, 0.1) is 31.8 Å². The van der Waals surface area contributed by atoms with Crippen molar-refractivity contribution in [3.8, 4) is 5.75 Å². The molecule has 0 saturated heterocycles. The van der Waals surface area contributed by atoms with E-state index in [4.69, 9.17) is 18.9 Å². The maximum absolute atomic E-state index is 11.4. The Kier molecular flexibility index (Phi) is 10.0. The van der Waals surface area contributed by atoms with Crippen LogP contribution in [0.25, 0.3) is 0 Å². The van der Waals surface area contributed by atoms with Gasteiger partial charge in [-0.25, -0.2) is 0 Å². The van der Waals surface area contributed by atoms with Gasteiger partial charge in [-0.1, -0.05) is 58.4 Å². The summed E-state index contributed by atoms with van der Waals surface area (Å²) in [5.41, 5.74) is 2.16. The second-order valence-electron chi connectivity index (χ2n) is 6.35. The number of rotatable bonds is 12. The number of halogens is 1. The maximum Gasteiger partial charge on any atom is 0.303 e. The molecule has 0 unspecified atom stereocenters. The average Bonchev–Trinajstić information content (AvgIpc) is 2.71. The van der Waals surface area contributed by atoms with Crippen LogP contribution in [-0.2, 0) is 32.2 Å². The second-order valence-corrected chi connectivity index (χ2v) is 7.53. The molecule has 2 aromatic rings. The van der Waals surface area contributed by atoms with Crippen LogP contribution in [-0.4, -0.2) is 37.2 Å². The fourth-order valence-corrected chi connectivity index (χ4v) is 3.03. The number of hydrogen-bond donors (Lipinski definition) is 0. The smallest absolute Gasteiger partial charge is 0.303 e. The van der Waals surface area contributed by atoms with Crippen LogP contribution in [0.3, 0.4) is 0 Å². The zero-order valence-corrected chi connectivity index (χ0v) is 17.9. The van der Waals surface area contributed by atoms with Crippen molar-refractivity contribution in [1.29, 1.82) is 0 Å². The summed E-state index contributed by atoms with van der Waals surface area (Å²) in [4.78, 5) is 11.4. The Morgan fingerprint density at radius 1 is 0.964 bits per heavy atom. The highest BCUT2D eigenvalue weighted by Crippen LogP contribution is 2.17. The standard InChI is InChI=1S/C22H27BrO5/c1-17(24)28-22(16-27-15-19-8-10-20(25-2)11-9-19)21(23)12-13-26-14-18-6-4-3-5-7-18/h3-11,21-22H,12-16H2,1-2H3/t21-,22-/m1/s1. The van der Waals surface area contributed by atoms with E-state index in [0.717, 1.165) is 16.9 Å². The molecule has 0 bridgehead atoms. The van der Waals surface area contributed by atoms with Crippen molar-refractivity contribution in [3.63, 3.8) is 0 Å². The van der Waals surface area contributed by atoms with Crippen LogP contribution in [0.15, 0.2) is 54.6 Å². The quantitative estimate of drug-likeness (QED) is 0.270. The van der Waals surface area contributed by atoms with Crippen molar-refractivity contribution in [2.45, 2.75) is 37.5 Å². The van der Waals surface area contributed by atoms with E-state index in [2.05, 4.69) is 15.9 Å². The average molecular weight is 451 g/mol.